The zero-order valence-corrected chi connectivity index (χ0v) is 14.9. The molecule has 1 aromatic rings. The topological polar surface area (TPSA) is 59.4 Å². The summed E-state index contributed by atoms with van der Waals surface area (Å²) in [6, 6.07) is 12.9. The van der Waals surface area contributed by atoms with E-state index in [4.69, 9.17) is 0 Å². The highest BCUT2D eigenvalue weighted by Crippen LogP contribution is 2.28. The fraction of sp³-hybridized carbons (Fsp3) is 0.600. The lowest BCUT2D eigenvalue weighted by molar-refractivity contribution is -0.124. The minimum Gasteiger partial charge on any atom is -0.337 e. The molecule has 3 rings (SSSR count). The molecule has 1 amide bonds. The lowest BCUT2D eigenvalue weighted by atomic mass is 10.00. The largest absolute Gasteiger partial charge is 0.337 e. The second kappa shape index (κ2) is 8.46. The first kappa shape index (κ1) is 17.9. The number of nitriles is 1. The third-order valence-electron chi connectivity index (χ3n) is 5.44. The Morgan fingerprint density at radius 1 is 1.08 bits per heavy atom. The van der Waals surface area contributed by atoms with Crippen LogP contribution >= 0.6 is 0 Å². The molecule has 0 bridgehead atoms. The van der Waals surface area contributed by atoms with Crippen LogP contribution in [0.2, 0.25) is 0 Å². The molecule has 0 aromatic heterocycles. The third kappa shape index (κ3) is 5.04. The predicted molar refractivity (Wildman–Crippen MR) is 98.0 cm³/mol. The molecule has 134 valence electrons. The molecule has 1 heterocycles. The second-order valence-electron chi connectivity index (χ2n) is 7.30. The maximum absolute atomic E-state index is 12.3. The highest BCUT2D eigenvalue weighted by Gasteiger charge is 2.35. The average molecular weight is 340 g/mol. The fourth-order valence-corrected chi connectivity index (χ4v) is 3.86. The Morgan fingerprint density at radius 3 is 2.36 bits per heavy atom. The molecule has 25 heavy (non-hydrogen) atoms. The van der Waals surface area contributed by atoms with Gasteiger partial charge in [0, 0.05) is 32.7 Å². The fourth-order valence-electron chi connectivity index (χ4n) is 3.86. The Morgan fingerprint density at radius 2 is 1.72 bits per heavy atom. The van der Waals surface area contributed by atoms with E-state index >= 15 is 0 Å². The highest BCUT2D eigenvalue weighted by atomic mass is 16.2. The molecule has 2 fully saturated rings. The first-order chi connectivity index (χ1) is 12.2. The first-order valence-electron chi connectivity index (χ1n) is 9.40. The van der Waals surface area contributed by atoms with Gasteiger partial charge in [-0.15, -0.1) is 0 Å². The van der Waals surface area contributed by atoms with E-state index in [-0.39, 0.29) is 5.91 Å². The Bertz CT molecular complexity index is 596. The quantitative estimate of drug-likeness (QED) is 0.858. The summed E-state index contributed by atoms with van der Waals surface area (Å²) >= 11 is 0. The molecule has 0 unspecified atom stereocenters. The standard InChI is InChI=1S/C20H28N4O/c21-17-20(9-4-5-10-20)22-19(25)16-24-14-12-23(13-15-24)11-8-18-6-2-1-3-7-18/h1-3,6-7H,4-5,8-16H2,(H,22,25). The number of amides is 1. The van der Waals surface area contributed by atoms with Gasteiger partial charge >= 0.3 is 0 Å². The summed E-state index contributed by atoms with van der Waals surface area (Å²) in [5, 5.41) is 12.4. The predicted octanol–water partition coefficient (Wildman–Crippen LogP) is 1.80. The number of carbonyl (C=O) groups excluding carboxylic acids is 1. The molecule has 1 aliphatic carbocycles. The van der Waals surface area contributed by atoms with Gasteiger partial charge in [-0.3, -0.25) is 9.69 Å². The second-order valence-corrected chi connectivity index (χ2v) is 7.30. The van der Waals surface area contributed by atoms with Crippen LogP contribution in [-0.2, 0) is 11.2 Å². The van der Waals surface area contributed by atoms with Gasteiger partial charge in [-0.05, 0) is 37.7 Å². The van der Waals surface area contributed by atoms with Gasteiger partial charge in [0.25, 0.3) is 0 Å². The van der Waals surface area contributed by atoms with Crippen LogP contribution in [0.15, 0.2) is 30.3 Å². The van der Waals surface area contributed by atoms with Gasteiger partial charge in [-0.25, -0.2) is 0 Å². The lowest BCUT2D eigenvalue weighted by Crippen LogP contribution is -2.53. The van der Waals surface area contributed by atoms with Crippen molar-refractivity contribution in [2.75, 3.05) is 39.3 Å². The molecular weight excluding hydrogens is 312 g/mol. The molecule has 5 nitrogen and oxygen atoms in total. The maximum Gasteiger partial charge on any atom is 0.235 e. The molecular formula is C20H28N4O. The molecule has 0 atom stereocenters. The minimum atomic E-state index is -0.603. The van der Waals surface area contributed by atoms with Crippen LogP contribution in [0.1, 0.15) is 31.2 Å². The summed E-state index contributed by atoms with van der Waals surface area (Å²) in [5.41, 5.74) is 0.775. The maximum atomic E-state index is 12.3. The van der Waals surface area contributed by atoms with Gasteiger partial charge in [-0.2, -0.15) is 5.26 Å². The first-order valence-corrected chi connectivity index (χ1v) is 9.40. The van der Waals surface area contributed by atoms with Crippen LogP contribution in [0, 0.1) is 11.3 Å². The summed E-state index contributed by atoms with van der Waals surface area (Å²) in [7, 11) is 0. The smallest absolute Gasteiger partial charge is 0.235 e. The summed E-state index contributed by atoms with van der Waals surface area (Å²) in [6.07, 6.45) is 4.74. The molecule has 1 aliphatic heterocycles. The Hall–Kier alpha value is -1.90. The van der Waals surface area contributed by atoms with Crippen molar-refractivity contribution in [3.8, 4) is 6.07 Å². The number of benzene rings is 1. The van der Waals surface area contributed by atoms with E-state index in [0.29, 0.717) is 6.54 Å². The van der Waals surface area contributed by atoms with Crippen molar-refractivity contribution in [1.82, 2.24) is 15.1 Å². The zero-order chi connectivity index (χ0) is 17.5. The van der Waals surface area contributed by atoms with Crippen molar-refractivity contribution in [1.29, 1.82) is 5.26 Å². The van der Waals surface area contributed by atoms with E-state index < -0.39 is 5.54 Å². The van der Waals surface area contributed by atoms with Gasteiger partial charge in [-0.1, -0.05) is 30.3 Å². The summed E-state index contributed by atoms with van der Waals surface area (Å²) in [5.74, 6) is 0.00110. The Kier molecular flexibility index (Phi) is 6.06. The van der Waals surface area contributed by atoms with Crippen molar-refractivity contribution >= 4 is 5.91 Å². The normalized spacial score (nSPS) is 20.9. The van der Waals surface area contributed by atoms with Crippen molar-refractivity contribution in [2.45, 2.75) is 37.6 Å². The zero-order valence-electron chi connectivity index (χ0n) is 14.9. The summed E-state index contributed by atoms with van der Waals surface area (Å²) in [6.45, 7) is 5.33. The van der Waals surface area contributed by atoms with Crippen LogP contribution in [0.3, 0.4) is 0 Å². The van der Waals surface area contributed by atoms with E-state index in [0.717, 1.165) is 64.8 Å². The van der Waals surface area contributed by atoms with Gasteiger partial charge in [0.1, 0.15) is 5.54 Å². The number of hydrogen-bond acceptors (Lipinski definition) is 4. The molecule has 5 heteroatoms. The Labute approximate surface area is 150 Å². The molecule has 0 radical (unpaired) electrons. The molecule has 0 spiro atoms. The monoisotopic (exact) mass is 340 g/mol. The molecule has 1 saturated heterocycles. The van der Waals surface area contributed by atoms with E-state index in [1.54, 1.807) is 0 Å². The van der Waals surface area contributed by atoms with Crippen LogP contribution in [-0.4, -0.2) is 60.5 Å². The van der Waals surface area contributed by atoms with E-state index in [2.05, 4.69) is 51.5 Å². The van der Waals surface area contributed by atoms with E-state index in [1.807, 2.05) is 0 Å². The molecule has 1 aromatic carbocycles. The number of carbonyl (C=O) groups is 1. The molecule has 1 N–H and O–H groups in total. The van der Waals surface area contributed by atoms with Crippen LogP contribution in [0.4, 0.5) is 0 Å². The number of rotatable bonds is 6. The highest BCUT2D eigenvalue weighted by molar-refractivity contribution is 5.79. The van der Waals surface area contributed by atoms with Crippen molar-refractivity contribution in [2.24, 2.45) is 0 Å². The number of piperazine rings is 1. The van der Waals surface area contributed by atoms with Crippen molar-refractivity contribution in [3.63, 3.8) is 0 Å². The third-order valence-corrected chi connectivity index (χ3v) is 5.44. The molecule has 2 aliphatic rings. The number of nitrogens with one attached hydrogen (secondary N) is 1. The molecule has 1 saturated carbocycles. The van der Waals surface area contributed by atoms with Crippen LogP contribution in [0.5, 0.6) is 0 Å². The minimum absolute atomic E-state index is 0.00110. The number of hydrogen-bond donors (Lipinski definition) is 1. The van der Waals surface area contributed by atoms with Gasteiger partial charge in [0.05, 0.1) is 12.6 Å². The van der Waals surface area contributed by atoms with Crippen molar-refractivity contribution < 1.29 is 4.79 Å². The van der Waals surface area contributed by atoms with Gasteiger partial charge < -0.3 is 10.2 Å². The summed E-state index contributed by atoms with van der Waals surface area (Å²) < 4.78 is 0. The number of nitrogens with zero attached hydrogens (tertiary/aromatic N) is 3. The van der Waals surface area contributed by atoms with Crippen LogP contribution in [0.25, 0.3) is 0 Å². The van der Waals surface area contributed by atoms with Gasteiger partial charge in [0.2, 0.25) is 5.91 Å². The van der Waals surface area contributed by atoms with E-state index in [9.17, 15) is 10.1 Å². The SMILES string of the molecule is N#CC1(NC(=O)CN2CCN(CCc3ccccc3)CC2)CCCC1. The Balaban J connectivity index is 1.37. The van der Waals surface area contributed by atoms with Gasteiger partial charge in [0.15, 0.2) is 0 Å². The lowest BCUT2D eigenvalue weighted by Gasteiger charge is -2.35. The van der Waals surface area contributed by atoms with Crippen LogP contribution < -0.4 is 5.32 Å². The summed E-state index contributed by atoms with van der Waals surface area (Å²) in [4.78, 5) is 17.0. The van der Waals surface area contributed by atoms with Crippen molar-refractivity contribution in [3.05, 3.63) is 35.9 Å². The average Bonchev–Trinajstić information content (AvgIpc) is 3.11. The van der Waals surface area contributed by atoms with E-state index in [1.165, 1.54) is 5.56 Å².